The van der Waals surface area contributed by atoms with Gasteiger partial charge in [0, 0.05) is 6.54 Å². The van der Waals surface area contributed by atoms with E-state index in [4.69, 9.17) is 16.6 Å². The highest BCUT2D eigenvalue weighted by molar-refractivity contribution is 5.81. The van der Waals surface area contributed by atoms with Gasteiger partial charge in [0.05, 0.1) is 6.04 Å². The number of carbonyl (C=O) groups is 1. The van der Waals surface area contributed by atoms with Gasteiger partial charge in [0.2, 0.25) is 0 Å². The topological polar surface area (TPSA) is 114 Å². The van der Waals surface area contributed by atoms with E-state index < -0.39 is 12.0 Å². The van der Waals surface area contributed by atoms with Crippen LogP contribution in [0.5, 0.6) is 0 Å². The summed E-state index contributed by atoms with van der Waals surface area (Å²) in [6.45, 7) is 0.532. The van der Waals surface area contributed by atoms with Gasteiger partial charge in [0.25, 0.3) is 0 Å². The molecule has 6 N–H and O–H groups in total. The number of rotatable bonds is 2. The minimum Gasteiger partial charge on any atom is -0.480 e. The normalized spacial score (nSPS) is 25.4. The third kappa shape index (κ3) is 1.85. The first-order chi connectivity index (χ1) is 5.61. The fourth-order valence-corrected chi connectivity index (χ4v) is 1.07. The maximum absolute atomic E-state index is 10.5. The molecule has 1 aliphatic heterocycles. The second-order valence-corrected chi connectivity index (χ2v) is 2.67. The Morgan fingerprint density at radius 3 is 3.00 bits per heavy atom. The monoisotopic (exact) mass is 172 g/mol. The van der Waals surface area contributed by atoms with Gasteiger partial charge in [0.1, 0.15) is 6.04 Å². The number of nitrogens with two attached hydrogens (primary N) is 2. The Bertz CT molecular complexity index is 216. The van der Waals surface area contributed by atoms with Crippen LogP contribution in [-0.2, 0) is 4.79 Å². The molecule has 1 rings (SSSR count). The number of carboxylic acid groups (broad SMARTS) is 1. The first kappa shape index (κ1) is 8.79. The maximum Gasteiger partial charge on any atom is 0.322 e. The molecule has 0 spiro atoms. The van der Waals surface area contributed by atoms with Crippen molar-refractivity contribution in [3.8, 4) is 0 Å². The van der Waals surface area contributed by atoms with Gasteiger partial charge in [-0.05, 0) is 6.42 Å². The van der Waals surface area contributed by atoms with E-state index in [0.717, 1.165) is 0 Å². The van der Waals surface area contributed by atoms with Crippen molar-refractivity contribution in [2.24, 2.45) is 16.5 Å². The molecule has 1 aliphatic rings. The van der Waals surface area contributed by atoms with Gasteiger partial charge in [-0.25, -0.2) is 0 Å². The molecular formula is C6H12N4O2. The average molecular weight is 172 g/mol. The van der Waals surface area contributed by atoms with Gasteiger partial charge < -0.3 is 21.9 Å². The van der Waals surface area contributed by atoms with E-state index >= 15 is 0 Å². The highest BCUT2D eigenvalue weighted by Crippen LogP contribution is 2.01. The number of hydrogen-bond donors (Lipinski definition) is 4. The van der Waals surface area contributed by atoms with Gasteiger partial charge in [0.15, 0.2) is 5.96 Å². The van der Waals surface area contributed by atoms with Crippen molar-refractivity contribution < 1.29 is 9.90 Å². The van der Waals surface area contributed by atoms with Crippen LogP contribution in [0.3, 0.4) is 0 Å². The molecule has 0 fully saturated rings. The lowest BCUT2D eigenvalue weighted by Crippen LogP contribution is -2.55. The molecule has 0 radical (unpaired) electrons. The van der Waals surface area contributed by atoms with Crippen molar-refractivity contribution in [1.29, 1.82) is 0 Å². The van der Waals surface area contributed by atoms with Crippen molar-refractivity contribution >= 4 is 11.9 Å². The fraction of sp³-hybridized carbons (Fsp3) is 0.667. The van der Waals surface area contributed by atoms with E-state index in [2.05, 4.69) is 10.3 Å². The van der Waals surface area contributed by atoms with E-state index in [-0.39, 0.29) is 12.0 Å². The summed E-state index contributed by atoms with van der Waals surface area (Å²) >= 11 is 0. The fourth-order valence-electron chi connectivity index (χ4n) is 1.07. The molecule has 68 valence electrons. The predicted molar refractivity (Wildman–Crippen MR) is 43.6 cm³/mol. The molecule has 0 unspecified atom stereocenters. The lowest BCUT2D eigenvalue weighted by molar-refractivity contribution is -0.139. The number of carboxylic acids is 1. The van der Waals surface area contributed by atoms with E-state index in [0.29, 0.717) is 13.0 Å². The molecule has 0 aromatic rings. The number of guanidine groups is 1. The highest BCUT2D eigenvalue weighted by Gasteiger charge is 2.25. The molecule has 6 nitrogen and oxygen atoms in total. The number of nitrogens with one attached hydrogen (secondary N) is 1. The molecule has 0 aliphatic carbocycles. The zero-order valence-electron chi connectivity index (χ0n) is 6.53. The molecule has 0 amide bonds. The second-order valence-electron chi connectivity index (χ2n) is 2.67. The summed E-state index contributed by atoms with van der Waals surface area (Å²) in [5.41, 5.74) is 10.7. The van der Waals surface area contributed by atoms with Crippen molar-refractivity contribution in [3.63, 3.8) is 0 Å². The maximum atomic E-state index is 10.5. The van der Waals surface area contributed by atoms with Crippen LogP contribution in [0.2, 0.25) is 0 Å². The van der Waals surface area contributed by atoms with Gasteiger partial charge in [-0.15, -0.1) is 0 Å². The lowest BCUT2D eigenvalue weighted by atomic mass is 10.1. The van der Waals surface area contributed by atoms with Crippen LogP contribution >= 0.6 is 0 Å². The smallest absolute Gasteiger partial charge is 0.322 e. The van der Waals surface area contributed by atoms with Crippen molar-refractivity contribution in [1.82, 2.24) is 5.32 Å². The highest BCUT2D eigenvalue weighted by atomic mass is 16.4. The first-order valence-electron chi connectivity index (χ1n) is 3.66. The van der Waals surface area contributed by atoms with E-state index in [1.807, 2.05) is 0 Å². The molecule has 0 aromatic carbocycles. The summed E-state index contributed by atoms with van der Waals surface area (Å²) in [7, 11) is 0. The Morgan fingerprint density at radius 1 is 1.83 bits per heavy atom. The molecule has 12 heavy (non-hydrogen) atoms. The molecule has 6 heteroatoms. The van der Waals surface area contributed by atoms with E-state index in [9.17, 15) is 4.79 Å². The Morgan fingerprint density at radius 2 is 2.50 bits per heavy atom. The summed E-state index contributed by atoms with van der Waals surface area (Å²) in [4.78, 5) is 14.3. The number of nitrogens with zero attached hydrogens (tertiary/aromatic N) is 1. The Kier molecular flexibility index (Phi) is 2.49. The van der Waals surface area contributed by atoms with Crippen molar-refractivity contribution in [2.45, 2.75) is 18.5 Å². The third-order valence-electron chi connectivity index (χ3n) is 1.77. The summed E-state index contributed by atoms with van der Waals surface area (Å²) in [5.74, 6) is -0.759. The quantitative estimate of drug-likeness (QED) is 0.387. The molecule has 2 atom stereocenters. The van der Waals surface area contributed by atoms with Crippen LogP contribution < -0.4 is 16.8 Å². The standard InChI is InChI=1S/C6H12N4O2/c7-4(5(11)12)3-1-2-9-6(8)10-3/h3-4H,1-2,7H2,(H,11,12)(H3,8,9,10)/t3-,4+/m0/s1. The lowest BCUT2D eigenvalue weighted by Gasteiger charge is -2.25. The van der Waals surface area contributed by atoms with Gasteiger partial charge in [-0.1, -0.05) is 0 Å². The molecule has 0 saturated heterocycles. The Balaban J connectivity index is 2.54. The molecule has 0 bridgehead atoms. The predicted octanol–water partition coefficient (Wildman–Crippen LogP) is -1.93. The van der Waals surface area contributed by atoms with Crippen LogP contribution in [0.4, 0.5) is 0 Å². The summed E-state index contributed by atoms with van der Waals surface area (Å²) in [6, 6.07) is -1.22. The van der Waals surface area contributed by atoms with Crippen LogP contribution in [0.15, 0.2) is 4.99 Å². The van der Waals surface area contributed by atoms with Gasteiger partial charge >= 0.3 is 5.97 Å². The van der Waals surface area contributed by atoms with E-state index in [1.165, 1.54) is 0 Å². The largest absolute Gasteiger partial charge is 0.480 e. The number of hydrogen-bond acceptors (Lipinski definition) is 5. The van der Waals surface area contributed by atoms with Crippen molar-refractivity contribution in [2.75, 3.05) is 6.54 Å². The van der Waals surface area contributed by atoms with Crippen LogP contribution in [-0.4, -0.2) is 35.7 Å². The first-order valence-corrected chi connectivity index (χ1v) is 3.66. The van der Waals surface area contributed by atoms with Gasteiger partial charge in [-0.3, -0.25) is 9.79 Å². The Hall–Kier alpha value is -1.30. The van der Waals surface area contributed by atoms with Crippen molar-refractivity contribution in [3.05, 3.63) is 0 Å². The zero-order chi connectivity index (χ0) is 9.14. The second kappa shape index (κ2) is 3.40. The molecule has 1 heterocycles. The van der Waals surface area contributed by atoms with Gasteiger partial charge in [-0.2, -0.15) is 0 Å². The molecular weight excluding hydrogens is 160 g/mol. The summed E-state index contributed by atoms with van der Waals surface area (Å²) in [5, 5.41) is 11.3. The number of aliphatic imine (C=N–C) groups is 1. The molecule has 0 aromatic heterocycles. The average Bonchev–Trinajstić information content (AvgIpc) is 2.03. The Labute approximate surface area is 69.6 Å². The van der Waals surface area contributed by atoms with Crippen LogP contribution in [0.25, 0.3) is 0 Å². The minimum absolute atomic E-state index is 0.267. The third-order valence-corrected chi connectivity index (χ3v) is 1.77. The van der Waals surface area contributed by atoms with Crippen LogP contribution in [0, 0.1) is 0 Å². The SMILES string of the molecule is NC1=NCC[C@@H]([C@@H](N)C(=O)O)N1. The summed E-state index contributed by atoms with van der Waals surface area (Å²) in [6.07, 6.45) is 0.605. The summed E-state index contributed by atoms with van der Waals surface area (Å²) < 4.78 is 0. The van der Waals surface area contributed by atoms with Crippen LogP contribution in [0.1, 0.15) is 6.42 Å². The number of aliphatic carboxylic acids is 1. The van der Waals surface area contributed by atoms with E-state index in [1.54, 1.807) is 0 Å². The minimum atomic E-state index is -1.03. The molecule has 0 saturated carbocycles. The zero-order valence-corrected chi connectivity index (χ0v) is 6.53.